The summed E-state index contributed by atoms with van der Waals surface area (Å²) in [7, 11) is 1.71. The van der Waals surface area contributed by atoms with E-state index in [1.54, 1.807) is 18.1 Å². The Labute approximate surface area is 208 Å². The van der Waals surface area contributed by atoms with Gasteiger partial charge in [0.2, 0.25) is 11.7 Å². The molecule has 1 aliphatic heterocycles. The second kappa shape index (κ2) is 10.2. The van der Waals surface area contributed by atoms with Crippen LogP contribution in [0.25, 0.3) is 0 Å². The van der Waals surface area contributed by atoms with Crippen LogP contribution in [0.4, 0.5) is 5.69 Å². The van der Waals surface area contributed by atoms with E-state index in [9.17, 15) is 9.59 Å². The largest absolute Gasteiger partial charge is 0.337 e. The van der Waals surface area contributed by atoms with Crippen molar-refractivity contribution in [3.8, 4) is 11.8 Å². The van der Waals surface area contributed by atoms with E-state index in [-0.39, 0.29) is 11.7 Å². The number of carbonyl (C=O) groups is 2. The Balaban J connectivity index is 1.28. The Morgan fingerprint density at radius 1 is 1.11 bits per heavy atom. The third-order valence-corrected chi connectivity index (χ3v) is 6.03. The number of nitrogens with one attached hydrogen (secondary N) is 2. The zero-order chi connectivity index (χ0) is 24.9. The summed E-state index contributed by atoms with van der Waals surface area (Å²) in [6.45, 7) is 0. The molecule has 8 heteroatoms. The summed E-state index contributed by atoms with van der Waals surface area (Å²) in [5.41, 5.74) is 4.33. The van der Waals surface area contributed by atoms with E-state index in [0.29, 0.717) is 30.8 Å². The van der Waals surface area contributed by atoms with Crippen LogP contribution in [-0.4, -0.2) is 45.1 Å². The molecular weight excluding hydrogens is 452 g/mol. The second-order valence-electron chi connectivity index (χ2n) is 8.54. The Morgan fingerprint density at radius 3 is 2.75 bits per heavy atom. The number of aromatic amines is 1. The molecule has 1 unspecified atom stereocenters. The highest BCUT2D eigenvalue weighted by atomic mass is 16.2. The Hall–Kier alpha value is -4.77. The van der Waals surface area contributed by atoms with Gasteiger partial charge in [0.05, 0.1) is 0 Å². The van der Waals surface area contributed by atoms with Crippen molar-refractivity contribution in [2.24, 2.45) is 0 Å². The van der Waals surface area contributed by atoms with Gasteiger partial charge in [0, 0.05) is 30.9 Å². The third kappa shape index (κ3) is 5.15. The fourth-order valence-corrected chi connectivity index (χ4v) is 4.14. The normalized spacial score (nSPS) is 14.9. The first-order chi connectivity index (χ1) is 17.6. The fraction of sp³-hybridized carbons (Fsp3) is 0.179. The van der Waals surface area contributed by atoms with E-state index in [1.807, 2.05) is 66.7 Å². The van der Waals surface area contributed by atoms with Crippen molar-refractivity contribution in [3.05, 3.63) is 107 Å². The lowest BCUT2D eigenvalue weighted by molar-refractivity contribution is -0.120. The van der Waals surface area contributed by atoms with E-state index < -0.39 is 11.9 Å². The van der Waals surface area contributed by atoms with Gasteiger partial charge in [-0.3, -0.25) is 14.7 Å². The van der Waals surface area contributed by atoms with Crippen LogP contribution in [-0.2, 0) is 17.6 Å². The van der Waals surface area contributed by atoms with Gasteiger partial charge in [-0.25, -0.2) is 9.97 Å². The van der Waals surface area contributed by atoms with Crippen molar-refractivity contribution >= 4 is 17.5 Å². The van der Waals surface area contributed by atoms with Crippen molar-refractivity contribution in [2.45, 2.75) is 25.3 Å². The van der Waals surface area contributed by atoms with Crippen LogP contribution in [0.15, 0.2) is 72.9 Å². The number of hydrogen-bond acceptors (Lipinski definition) is 5. The molecule has 2 aromatic carbocycles. The number of H-pyrrole nitrogens is 1. The number of nitrogens with zero attached hydrogens (tertiary/aromatic N) is 4. The molecular formula is C28H24N6O2. The summed E-state index contributed by atoms with van der Waals surface area (Å²) < 4.78 is 0. The van der Waals surface area contributed by atoms with Gasteiger partial charge < -0.3 is 10.2 Å². The number of rotatable bonds is 4. The topological polar surface area (TPSA) is 104 Å². The van der Waals surface area contributed by atoms with Gasteiger partial charge in [0.1, 0.15) is 17.6 Å². The summed E-state index contributed by atoms with van der Waals surface area (Å²) in [6, 6.07) is 20.5. The molecule has 0 saturated carbocycles. The van der Waals surface area contributed by atoms with Gasteiger partial charge in [-0.15, -0.1) is 5.10 Å². The number of likely N-dealkylation sites (N-methyl/N-ethyl adjacent to an activating group) is 1. The van der Waals surface area contributed by atoms with Gasteiger partial charge in [-0.1, -0.05) is 48.4 Å². The van der Waals surface area contributed by atoms with Gasteiger partial charge in [-0.05, 0) is 54.2 Å². The molecule has 0 bridgehead atoms. The molecule has 3 heterocycles. The molecule has 2 N–H and O–H groups in total. The van der Waals surface area contributed by atoms with Gasteiger partial charge in [0.15, 0.2) is 0 Å². The summed E-state index contributed by atoms with van der Waals surface area (Å²) in [6.07, 6.45) is 3.34. The molecule has 0 aliphatic carbocycles. The lowest BCUT2D eigenvalue weighted by Gasteiger charge is -2.22. The Morgan fingerprint density at radius 2 is 1.94 bits per heavy atom. The summed E-state index contributed by atoms with van der Waals surface area (Å²) in [5, 5.41) is 9.68. The molecule has 178 valence electrons. The number of fused-ring (bicyclic) bond motifs is 1. The average molecular weight is 477 g/mol. The first kappa shape index (κ1) is 23.0. The molecule has 4 aromatic rings. The van der Waals surface area contributed by atoms with E-state index >= 15 is 0 Å². The third-order valence-electron chi connectivity index (χ3n) is 6.03. The van der Waals surface area contributed by atoms with Gasteiger partial charge >= 0.3 is 0 Å². The molecule has 0 radical (unpaired) electrons. The van der Waals surface area contributed by atoms with E-state index in [0.717, 1.165) is 22.4 Å². The van der Waals surface area contributed by atoms with Crippen LogP contribution in [0.3, 0.4) is 0 Å². The number of amides is 2. The fourth-order valence-electron chi connectivity index (χ4n) is 4.14. The Bertz CT molecular complexity index is 1450. The number of hydrogen-bond donors (Lipinski definition) is 2. The quantitative estimate of drug-likeness (QED) is 0.441. The van der Waals surface area contributed by atoms with Crippen molar-refractivity contribution in [1.29, 1.82) is 0 Å². The minimum Gasteiger partial charge on any atom is -0.337 e. The lowest BCUT2D eigenvalue weighted by atomic mass is 10.0. The number of aryl methyl sites for hydroxylation is 1. The predicted molar refractivity (Wildman–Crippen MR) is 135 cm³/mol. The van der Waals surface area contributed by atoms with Crippen molar-refractivity contribution in [3.63, 3.8) is 0 Å². The number of carbonyl (C=O) groups excluding carboxylic acids is 2. The highest BCUT2D eigenvalue weighted by Crippen LogP contribution is 2.27. The van der Waals surface area contributed by atoms with Crippen LogP contribution in [0.1, 0.15) is 45.2 Å². The number of pyridine rings is 1. The number of anilines is 1. The van der Waals surface area contributed by atoms with Gasteiger partial charge in [0.25, 0.3) is 5.91 Å². The van der Waals surface area contributed by atoms with Crippen molar-refractivity contribution < 1.29 is 9.59 Å². The SMILES string of the molecule is CN1C(=O)C(NC(=O)c2n[nH]c(Cc3ccccc3)n2)CCc2ccc(C#Cc3ccccn3)cc21. The summed E-state index contributed by atoms with van der Waals surface area (Å²) >= 11 is 0. The molecule has 8 nitrogen and oxygen atoms in total. The molecule has 2 amide bonds. The Kier molecular flexibility index (Phi) is 6.54. The molecule has 0 spiro atoms. The van der Waals surface area contributed by atoms with Crippen LogP contribution in [0.5, 0.6) is 0 Å². The van der Waals surface area contributed by atoms with Crippen molar-refractivity contribution in [1.82, 2.24) is 25.5 Å². The molecule has 0 saturated heterocycles. The number of aromatic nitrogens is 4. The summed E-state index contributed by atoms with van der Waals surface area (Å²) in [4.78, 5) is 36.2. The zero-order valence-corrected chi connectivity index (χ0v) is 19.7. The maximum absolute atomic E-state index is 13.2. The maximum atomic E-state index is 13.2. The van der Waals surface area contributed by atoms with Crippen LogP contribution in [0, 0.1) is 11.8 Å². The summed E-state index contributed by atoms with van der Waals surface area (Å²) in [5.74, 6) is 6.08. The molecule has 36 heavy (non-hydrogen) atoms. The standard InChI is InChI=1S/C28H24N6O2/c1-34-24-17-20(11-14-22-9-5-6-16-29-22)10-12-21(24)13-15-23(28(34)36)30-27(35)26-31-25(32-33-26)18-19-7-3-2-4-8-19/h2-10,12,16-17,23H,13,15,18H2,1H3,(H,30,35)(H,31,32,33). The molecule has 1 atom stereocenters. The molecule has 1 aliphatic rings. The van der Waals surface area contributed by atoms with Crippen LogP contribution < -0.4 is 10.2 Å². The zero-order valence-electron chi connectivity index (χ0n) is 19.7. The molecule has 2 aromatic heterocycles. The van der Waals surface area contributed by atoms with E-state index in [1.165, 1.54) is 0 Å². The first-order valence-corrected chi connectivity index (χ1v) is 11.7. The van der Waals surface area contributed by atoms with Gasteiger partial charge in [-0.2, -0.15) is 0 Å². The number of benzene rings is 2. The predicted octanol–water partition coefficient (Wildman–Crippen LogP) is 2.90. The minimum atomic E-state index is -0.686. The minimum absolute atomic E-state index is 0.0187. The maximum Gasteiger partial charge on any atom is 0.291 e. The molecule has 5 rings (SSSR count). The smallest absolute Gasteiger partial charge is 0.291 e. The van der Waals surface area contributed by atoms with Crippen LogP contribution in [0.2, 0.25) is 0 Å². The lowest BCUT2D eigenvalue weighted by Crippen LogP contribution is -2.47. The molecule has 0 fully saturated rings. The van der Waals surface area contributed by atoms with Crippen LogP contribution >= 0.6 is 0 Å². The highest BCUT2D eigenvalue weighted by Gasteiger charge is 2.30. The van der Waals surface area contributed by atoms with E-state index in [2.05, 4.69) is 37.3 Å². The first-order valence-electron chi connectivity index (χ1n) is 11.7. The van der Waals surface area contributed by atoms with Crippen molar-refractivity contribution in [2.75, 3.05) is 11.9 Å². The monoisotopic (exact) mass is 476 g/mol. The highest BCUT2D eigenvalue weighted by molar-refractivity contribution is 6.02. The second-order valence-corrected chi connectivity index (χ2v) is 8.54. The van der Waals surface area contributed by atoms with E-state index in [4.69, 9.17) is 0 Å². The average Bonchev–Trinajstić information content (AvgIpc) is 3.35.